The fourth-order valence-corrected chi connectivity index (χ4v) is 4.08. The molecule has 0 bridgehead atoms. The van der Waals surface area contributed by atoms with Gasteiger partial charge in [0, 0.05) is 15.6 Å². The topological polar surface area (TPSA) is 60.0 Å². The van der Waals surface area contributed by atoms with E-state index >= 15 is 0 Å². The maximum atomic E-state index is 6.17. The summed E-state index contributed by atoms with van der Waals surface area (Å²) in [5.74, 6) is 1.36. The molecule has 25 heavy (non-hydrogen) atoms. The van der Waals surface area contributed by atoms with Crippen LogP contribution in [-0.4, -0.2) is 24.2 Å². The monoisotopic (exact) mass is 417 g/mol. The van der Waals surface area contributed by atoms with Gasteiger partial charge in [0.1, 0.15) is 10.8 Å². The molecule has 130 valence electrons. The van der Waals surface area contributed by atoms with Crippen molar-refractivity contribution < 1.29 is 4.74 Å². The Hall–Kier alpha value is -1.79. The number of rotatable bonds is 3. The van der Waals surface area contributed by atoms with Crippen LogP contribution >= 0.6 is 27.7 Å². The van der Waals surface area contributed by atoms with Crippen molar-refractivity contribution in [3.8, 4) is 5.75 Å². The summed E-state index contributed by atoms with van der Waals surface area (Å²) in [4.78, 5) is 9.73. The van der Waals surface area contributed by atoms with Gasteiger partial charge in [-0.1, -0.05) is 28.1 Å². The highest BCUT2D eigenvalue weighted by Gasteiger charge is 2.39. The quantitative estimate of drug-likeness (QED) is 0.804. The van der Waals surface area contributed by atoms with Crippen molar-refractivity contribution >= 4 is 38.6 Å². The molecule has 1 heterocycles. The first kappa shape index (κ1) is 18.0. The molecule has 0 radical (unpaired) electrons. The number of methoxy groups -OCH3 is 1. The molecule has 1 atom stereocenters. The molecule has 0 amide bonds. The Morgan fingerprint density at radius 1 is 1.08 bits per heavy atom. The molecule has 0 aliphatic carbocycles. The van der Waals surface area contributed by atoms with E-state index in [-0.39, 0.29) is 0 Å². The van der Waals surface area contributed by atoms with Crippen LogP contribution in [0.4, 0.5) is 0 Å². The third-order valence-electron chi connectivity index (χ3n) is 4.25. The average Bonchev–Trinajstić information content (AvgIpc) is 2.92. The summed E-state index contributed by atoms with van der Waals surface area (Å²) < 4.78 is 6.49. The Labute approximate surface area is 160 Å². The number of ether oxygens (including phenoxy) is 1. The molecule has 3 rings (SSSR count). The minimum Gasteiger partial charge on any atom is -0.496 e. The molecule has 0 aromatic heterocycles. The summed E-state index contributed by atoms with van der Waals surface area (Å²) in [7, 11) is 1.69. The zero-order chi connectivity index (χ0) is 18.2. The summed E-state index contributed by atoms with van der Waals surface area (Å²) in [6, 6.07) is 12.2. The average molecular weight is 418 g/mol. The number of aliphatic imine (C=N–C) groups is 2. The van der Waals surface area contributed by atoms with Crippen LogP contribution in [0.25, 0.3) is 0 Å². The van der Waals surface area contributed by atoms with Crippen molar-refractivity contribution in [1.82, 2.24) is 0 Å². The van der Waals surface area contributed by atoms with Gasteiger partial charge < -0.3 is 10.5 Å². The molecule has 6 heteroatoms. The third-order valence-corrected chi connectivity index (χ3v) is 5.43. The number of nitrogens with zero attached hydrogens (tertiary/aromatic N) is 2. The molecular weight excluding hydrogens is 398 g/mol. The SMILES string of the molecule is COc1c(C)cc(C2(c3cccc(Br)c3)N=C(N)C(SC)=N2)cc1C. The highest BCUT2D eigenvalue weighted by atomic mass is 79.9. The molecule has 4 nitrogen and oxygen atoms in total. The van der Waals surface area contributed by atoms with Crippen LogP contribution in [-0.2, 0) is 5.66 Å². The number of aryl methyl sites for hydroxylation is 2. The number of thioether (sulfide) groups is 1. The van der Waals surface area contributed by atoms with E-state index in [1.165, 1.54) is 11.8 Å². The highest BCUT2D eigenvalue weighted by Crippen LogP contribution is 2.42. The van der Waals surface area contributed by atoms with Crippen molar-refractivity contribution in [2.45, 2.75) is 19.5 Å². The fraction of sp³-hybridized carbons (Fsp3) is 0.263. The zero-order valence-electron chi connectivity index (χ0n) is 14.6. The second-order valence-electron chi connectivity index (χ2n) is 5.94. The van der Waals surface area contributed by atoms with Gasteiger partial charge in [0.2, 0.25) is 5.66 Å². The van der Waals surface area contributed by atoms with Crippen LogP contribution in [0.2, 0.25) is 0 Å². The number of amidine groups is 1. The first-order valence-electron chi connectivity index (χ1n) is 7.82. The lowest BCUT2D eigenvalue weighted by Gasteiger charge is -2.26. The van der Waals surface area contributed by atoms with Gasteiger partial charge >= 0.3 is 0 Å². The van der Waals surface area contributed by atoms with Crippen molar-refractivity contribution in [3.63, 3.8) is 0 Å². The highest BCUT2D eigenvalue weighted by molar-refractivity contribution is 9.10. The molecule has 2 N–H and O–H groups in total. The predicted molar refractivity (Wildman–Crippen MR) is 110 cm³/mol. The van der Waals surface area contributed by atoms with E-state index in [1.54, 1.807) is 7.11 Å². The van der Waals surface area contributed by atoms with Crippen LogP contribution in [0, 0.1) is 13.8 Å². The van der Waals surface area contributed by atoms with E-state index < -0.39 is 5.66 Å². The lowest BCUT2D eigenvalue weighted by atomic mass is 9.90. The van der Waals surface area contributed by atoms with Crippen molar-refractivity contribution in [3.05, 3.63) is 63.1 Å². The maximum absolute atomic E-state index is 6.17. The number of benzene rings is 2. The minimum absolute atomic E-state index is 0.471. The number of hydrogen-bond donors (Lipinski definition) is 1. The Balaban J connectivity index is 2.30. The molecule has 0 spiro atoms. The molecule has 0 saturated carbocycles. The fourth-order valence-electron chi connectivity index (χ4n) is 3.21. The van der Waals surface area contributed by atoms with E-state index in [0.29, 0.717) is 5.84 Å². The Bertz CT molecular complexity index is 871. The van der Waals surface area contributed by atoms with Gasteiger partial charge in [0.05, 0.1) is 7.11 Å². The predicted octanol–water partition coefficient (Wildman–Crippen LogP) is 4.41. The Morgan fingerprint density at radius 3 is 2.28 bits per heavy atom. The smallest absolute Gasteiger partial charge is 0.205 e. The number of nitrogens with two attached hydrogens (primary N) is 1. The first-order chi connectivity index (χ1) is 11.9. The normalized spacial score (nSPS) is 19.6. The van der Waals surface area contributed by atoms with Gasteiger partial charge in [-0.2, -0.15) is 0 Å². The Morgan fingerprint density at radius 2 is 1.76 bits per heavy atom. The summed E-state index contributed by atoms with van der Waals surface area (Å²) in [6.07, 6.45) is 1.96. The molecule has 1 aliphatic rings. The molecule has 2 aromatic rings. The van der Waals surface area contributed by atoms with Crippen LogP contribution in [0.15, 0.2) is 50.9 Å². The second kappa shape index (κ2) is 6.84. The molecule has 1 unspecified atom stereocenters. The van der Waals surface area contributed by atoms with Crippen LogP contribution < -0.4 is 10.5 Å². The molecule has 0 fully saturated rings. The maximum Gasteiger partial charge on any atom is 0.205 e. The lowest BCUT2D eigenvalue weighted by Crippen LogP contribution is -2.22. The molecular formula is C19H20BrN3OS. The van der Waals surface area contributed by atoms with E-state index in [0.717, 1.165) is 37.5 Å². The van der Waals surface area contributed by atoms with Crippen LogP contribution in [0.3, 0.4) is 0 Å². The van der Waals surface area contributed by atoms with Gasteiger partial charge in [-0.05, 0) is 55.5 Å². The van der Waals surface area contributed by atoms with Gasteiger partial charge in [0.15, 0.2) is 5.84 Å². The number of hydrogen-bond acceptors (Lipinski definition) is 5. The number of halogens is 1. The lowest BCUT2D eigenvalue weighted by molar-refractivity contribution is 0.408. The van der Waals surface area contributed by atoms with Gasteiger partial charge in [-0.15, -0.1) is 11.8 Å². The molecule has 0 saturated heterocycles. The van der Waals surface area contributed by atoms with Crippen LogP contribution in [0.5, 0.6) is 5.75 Å². The van der Waals surface area contributed by atoms with E-state index in [2.05, 4.69) is 28.1 Å². The first-order valence-corrected chi connectivity index (χ1v) is 9.84. The van der Waals surface area contributed by atoms with Crippen molar-refractivity contribution in [1.29, 1.82) is 0 Å². The minimum atomic E-state index is -0.867. The summed E-state index contributed by atoms with van der Waals surface area (Å²) in [5.41, 5.74) is 9.35. The molecule has 1 aliphatic heterocycles. The summed E-state index contributed by atoms with van der Waals surface area (Å²) >= 11 is 5.06. The van der Waals surface area contributed by atoms with E-state index in [4.69, 9.17) is 20.5 Å². The second-order valence-corrected chi connectivity index (χ2v) is 7.65. The van der Waals surface area contributed by atoms with Crippen molar-refractivity contribution in [2.24, 2.45) is 15.7 Å². The van der Waals surface area contributed by atoms with E-state index in [1.807, 2.05) is 44.4 Å². The standard InChI is InChI=1S/C19H20BrN3OS/c1-11-8-14(9-12(2)16(11)24-3)19(13-6-5-7-15(20)10-13)22-17(21)18(23-19)25-4/h5-10H,1-4H3,(H2,21,22). The summed E-state index contributed by atoms with van der Waals surface area (Å²) in [5, 5.41) is 0.756. The van der Waals surface area contributed by atoms with Crippen molar-refractivity contribution in [2.75, 3.05) is 13.4 Å². The molecule has 2 aromatic carbocycles. The summed E-state index contributed by atoms with van der Waals surface area (Å²) in [6.45, 7) is 4.07. The third kappa shape index (κ3) is 3.09. The zero-order valence-corrected chi connectivity index (χ0v) is 17.0. The van der Waals surface area contributed by atoms with Gasteiger partial charge in [0.25, 0.3) is 0 Å². The van der Waals surface area contributed by atoms with E-state index in [9.17, 15) is 0 Å². The van der Waals surface area contributed by atoms with Gasteiger partial charge in [-0.3, -0.25) is 0 Å². The van der Waals surface area contributed by atoms with Gasteiger partial charge in [-0.25, -0.2) is 9.98 Å². The Kier molecular flexibility index (Phi) is 4.93. The van der Waals surface area contributed by atoms with Crippen LogP contribution in [0.1, 0.15) is 22.3 Å². The largest absolute Gasteiger partial charge is 0.496 e.